The van der Waals surface area contributed by atoms with Crippen LogP contribution in [0.3, 0.4) is 0 Å². The molecule has 2 rings (SSSR count). The van der Waals surface area contributed by atoms with E-state index >= 15 is 0 Å². The lowest BCUT2D eigenvalue weighted by atomic mass is 10.0. The third kappa shape index (κ3) is 1.37. The van der Waals surface area contributed by atoms with E-state index in [4.69, 9.17) is 0 Å². The summed E-state index contributed by atoms with van der Waals surface area (Å²) in [6.45, 7) is 4.26. The Labute approximate surface area is 78.4 Å². The number of aromatic nitrogens is 1. The molecule has 1 aromatic heterocycles. The van der Waals surface area contributed by atoms with Gasteiger partial charge in [-0.15, -0.1) is 0 Å². The molecule has 0 atom stereocenters. The Morgan fingerprint density at radius 1 is 0.923 bits per heavy atom. The fourth-order valence-electron chi connectivity index (χ4n) is 1.59. The Hall–Kier alpha value is -1.50. The summed E-state index contributed by atoms with van der Waals surface area (Å²) in [4.78, 5) is 3.26. The van der Waals surface area contributed by atoms with Crippen LogP contribution >= 0.6 is 0 Å². The minimum atomic E-state index is 1.23. The molecule has 1 N–H and O–H groups in total. The molecule has 2 aromatic rings. The molecule has 0 aliphatic carbocycles. The number of H-pyrrole nitrogens is 1. The van der Waals surface area contributed by atoms with Crippen molar-refractivity contribution in [2.75, 3.05) is 0 Å². The second-order valence-electron chi connectivity index (χ2n) is 3.35. The Morgan fingerprint density at radius 2 is 1.69 bits per heavy atom. The molecule has 0 bridgehead atoms. The second-order valence-corrected chi connectivity index (χ2v) is 3.35. The molecule has 1 heteroatoms. The van der Waals surface area contributed by atoms with Gasteiger partial charge in [0.05, 0.1) is 0 Å². The number of rotatable bonds is 1. The average molecular weight is 171 g/mol. The zero-order chi connectivity index (χ0) is 9.26. The summed E-state index contributed by atoms with van der Waals surface area (Å²) in [6, 6.07) is 10.5. The standard InChI is InChI=1S/C12H13N/c1-9-5-3-4-6-11(9)12-10(2)7-8-13-12/h3-8,13H,1-2H3. The first-order chi connectivity index (χ1) is 6.29. The summed E-state index contributed by atoms with van der Waals surface area (Å²) < 4.78 is 0. The molecule has 13 heavy (non-hydrogen) atoms. The zero-order valence-corrected chi connectivity index (χ0v) is 7.96. The third-order valence-corrected chi connectivity index (χ3v) is 2.37. The maximum Gasteiger partial charge on any atom is 0.0486 e. The molecule has 1 heterocycles. The van der Waals surface area contributed by atoms with E-state index in [0.717, 1.165) is 0 Å². The van der Waals surface area contributed by atoms with Crippen molar-refractivity contribution >= 4 is 0 Å². The quantitative estimate of drug-likeness (QED) is 0.677. The van der Waals surface area contributed by atoms with Crippen LogP contribution in [0.25, 0.3) is 11.3 Å². The molecule has 0 aliphatic rings. The monoisotopic (exact) mass is 171 g/mol. The van der Waals surface area contributed by atoms with Gasteiger partial charge in [0.25, 0.3) is 0 Å². The van der Waals surface area contributed by atoms with Crippen molar-refractivity contribution in [2.24, 2.45) is 0 Å². The molecule has 0 amide bonds. The van der Waals surface area contributed by atoms with Crippen LogP contribution in [-0.2, 0) is 0 Å². The largest absolute Gasteiger partial charge is 0.361 e. The zero-order valence-electron chi connectivity index (χ0n) is 7.96. The van der Waals surface area contributed by atoms with Crippen molar-refractivity contribution in [3.63, 3.8) is 0 Å². The van der Waals surface area contributed by atoms with Crippen molar-refractivity contribution in [3.8, 4) is 11.3 Å². The van der Waals surface area contributed by atoms with Gasteiger partial charge < -0.3 is 4.98 Å². The second kappa shape index (κ2) is 3.09. The fourth-order valence-corrected chi connectivity index (χ4v) is 1.59. The van der Waals surface area contributed by atoms with E-state index in [9.17, 15) is 0 Å². The van der Waals surface area contributed by atoms with E-state index in [1.807, 2.05) is 6.20 Å². The highest BCUT2D eigenvalue weighted by Crippen LogP contribution is 2.24. The van der Waals surface area contributed by atoms with E-state index < -0.39 is 0 Å². The molecule has 0 aliphatic heterocycles. The third-order valence-electron chi connectivity index (χ3n) is 2.37. The van der Waals surface area contributed by atoms with Gasteiger partial charge >= 0.3 is 0 Å². The summed E-state index contributed by atoms with van der Waals surface area (Å²) in [7, 11) is 0. The summed E-state index contributed by atoms with van der Waals surface area (Å²) >= 11 is 0. The molecular formula is C12H13N. The van der Waals surface area contributed by atoms with E-state index in [1.165, 1.54) is 22.4 Å². The van der Waals surface area contributed by atoms with E-state index in [2.05, 4.69) is 49.2 Å². The van der Waals surface area contributed by atoms with Gasteiger partial charge in [-0.3, -0.25) is 0 Å². The SMILES string of the molecule is Cc1ccccc1-c1[nH]ccc1C. The predicted molar refractivity (Wildman–Crippen MR) is 55.7 cm³/mol. The number of hydrogen-bond acceptors (Lipinski definition) is 0. The van der Waals surface area contributed by atoms with E-state index in [0.29, 0.717) is 0 Å². The summed E-state index contributed by atoms with van der Waals surface area (Å²) in [6.07, 6.45) is 1.98. The number of aromatic amines is 1. The van der Waals surface area contributed by atoms with Crippen molar-refractivity contribution in [3.05, 3.63) is 47.7 Å². The maximum atomic E-state index is 3.26. The average Bonchev–Trinajstić information content (AvgIpc) is 2.52. The number of benzene rings is 1. The molecule has 0 saturated heterocycles. The summed E-state index contributed by atoms with van der Waals surface area (Å²) in [5, 5.41) is 0. The molecule has 66 valence electrons. The fraction of sp³-hybridized carbons (Fsp3) is 0.167. The lowest BCUT2D eigenvalue weighted by Crippen LogP contribution is -1.84. The first-order valence-electron chi connectivity index (χ1n) is 4.49. The lowest BCUT2D eigenvalue weighted by molar-refractivity contribution is 1.34. The number of aryl methyl sites for hydroxylation is 2. The molecular weight excluding hydrogens is 158 g/mol. The molecule has 1 nitrogen and oxygen atoms in total. The summed E-state index contributed by atoms with van der Waals surface area (Å²) in [5.41, 5.74) is 5.14. The normalized spacial score (nSPS) is 10.3. The maximum absolute atomic E-state index is 3.26. The van der Waals surface area contributed by atoms with Crippen molar-refractivity contribution in [2.45, 2.75) is 13.8 Å². The van der Waals surface area contributed by atoms with Crippen molar-refractivity contribution < 1.29 is 0 Å². The molecule has 1 aromatic carbocycles. The van der Waals surface area contributed by atoms with Gasteiger partial charge in [0, 0.05) is 17.5 Å². The van der Waals surface area contributed by atoms with Crippen LogP contribution < -0.4 is 0 Å². The molecule has 0 fully saturated rings. The van der Waals surface area contributed by atoms with Gasteiger partial charge in [-0.1, -0.05) is 24.3 Å². The van der Waals surface area contributed by atoms with Crippen LogP contribution in [0.15, 0.2) is 36.5 Å². The molecule has 0 spiro atoms. The first-order valence-corrected chi connectivity index (χ1v) is 4.49. The van der Waals surface area contributed by atoms with Gasteiger partial charge in [-0.2, -0.15) is 0 Å². The van der Waals surface area contributed by atoms with Crippen LogP contribution in [0, 0.1) is 13.8 Å². The smallest absolute Gasteiger partial charge is 0.0486 e. The first kappa shape index (κ1) is 8.11. The highest BCUT2D eigenvalue weighted by Gasteiger charge is 2.03. The minimum Gasteiger partial charge on any atom is -0.361 e. The Balaban J connectivity index is 2.59. The van der Waals surface area contributed by atoms with Gasteiger partial charge in [0.2, 0.25) is 0 Å². The Kier molecular flexibility index (Phi) is 1.93. The van der Waals surface area contributed by atoms with Crippen LogP contribution in [0.4, 0.5) is 0 Å². The van der Waals surface area contributed by atoms with Crippen molar-refractivity contribution in [1.82, 2.24) is 4.98 Å². The molecule has 0 radical (unpaired) electrons. The lowest BCUT2D eigenvalue weighted by Gasteiger charge is -2.04. The highest BCUT2D eigenvalue weighted by molar-refractivity contribution is 5.66. The van der Waals surface area contributed by atoms with Gasteiger partial charge in [-0.25, -0.2) is 0 Å². The molecule has 0 saturated carbocycles. The Morgan fingerprint density at radius 3 is 2.31 bits per heavy atom. The highest BCUT2D eigenvalue weighted by atomic mass is 14.7. The van der Waals surface area contributed by atoms with E-state index in [1.54, 1.807) is 0 Å². The van der Waals surface area contributed by atoms with Crippen molar-refractivity contribution in [1.29, 1.82) is 0 Å². The topological polar surface area (TPSA) is 15.8 Å². The number of nitrogens with one attached hydrogen (secondary N) is 1. The minimum absolute atomic E-state index is 1.23. The molecule has 0 unspecified atom stereocenters. The van der Waals surface area contributed by atoms with Gasteiger partial charge in [0.15, 0.2) is 0 Å². The van der Waals surface area contributed by atoms with Gasteiger partial charge in [-0.05, 0) is 31.0 Å². The number of hydrogen-bond donors (Lipinski definition) is 1. The van der Waals surface area contributed by atoms with Gasteiger partial charge in [0.1, 0.15) is 0 Å². The predicted octanol–water partition coefficient (Wildman–Crippen LogP) is 3.30. The summed E-state index contributed by atoms with van der Waals surface area (Å²) in [5.74, 6) is 0. The van der Waals surface area contributed by atoms with Crippen LogP contribution in [0.2, 0.25) is 0 Å². The van der Waals surface area contributed by atoms with E-state index in [-0.39, 0.29) is 0 Å². The van der Waals surface area contributed by atoms with Crippen LogP contribution in [-0.4, -0.2) is 4.98 Å². The van der Waals surface area contributed by atoms with Crippen LogP contribution in [0.1, 0.15) is 11.1 Å². The van der Waals surface area contributed by atoms with Crippen LogP contribution in [0.5, 0.6) is 0 Å². The Bertz CT molecular complexity index is 413.